The summed E-state index contributed by atoms with van der Waals surface area (Å²) in [5.74, 6) is -0.375. The highest BCUT2D eigenvalue weighted by molar-refractivity contribution is 7.13. The van der Waals surface area contributed by atoms with Crippen LogP contribution in [0.15, 0.2) is 54.2 Å². The molecular weight excluding hydrogens is 348 g/mol. The van der Waals surface area contributed by atoms with Gasteiger partial charge in [0.1, 0.15) is 5.01 Å². The molecule has 0 atom stereocenters. The van der Waals surface area contributed by atoms with Crippen LogP contribution in [0.2, 0.25) is 0 Å². The van der Waals surface area contributed by atoms with Crippen LogP contribution < -0.4 is 5.32 Å². The van der Waals surface area contributed by atoms with Crippen LogP contribution in [-0.4, -0.2) is 40.8 Å². The fourth-order valence-electron chi connectivity index (χ4n) is 2.39. The fraction of sp³-hybridized carbons (Fsp3) is 0.158. The summed E-state index contributed by atoms with van der Waals surface area (Å²) in [4.78, 5) is 34.7. The molecule has 0 aliphatic heterocycles. The molecule has 1 aromatic carbocycles. The predicted octanol–water partition coefficient (Wildman–Crippen LogP) is 3.09. The van der Waals surface area contributed by atoms with Crippen molar-refractivity contribution in [3.05, 3.63) is 65.4 Å². The Hall–Kier alpha value is -3.06. The average Bonchev–Trinajstić information content (AvgIpc) is 3.10. The predicted molar refractivity (Wildman–Crippen MR) is 102 cm³/mol. The molecule has 3 aromatic rings. The Morgan fingerprint density at radius 2 is 1.96 bits per heavy atom. The first-order chi connectivity index (χ1) is 12.5. The summed E-state index contributed by atoms with van der Waals surface area (Å²) in [5, 5.41) is 5.49. The summed E-state index contributed by atoms with van der Waals surface area (Å²) in [6, 6.07) is 10.7. The van der Waals surface area contributed by atoms with Gasteiger partial charge in [0, 0.05) is 37.4 Å². The zero-order chi connectivity index (χ0) is 18.5. The molecule has 0 radical (unpaired) electrons. The van der Waals surface area contributed by atoms with Crippen molar-refractivity contribution < 1.29 is 9.59 Å². The number of amides is 2. The van der Waals surface area contributed by atoms with Crippen molar-refractivity contribution in [3.63, 3.8) is 0 Å². The largest absolute Gasteiger partial charge is 0.345 e. The molecule has 2 heterocycles. The van der Waals surface area contributed by atoms with Gasteiger partial charge in [-0.3, -0.25) is 14.6 Å². The van der Waals surface area contributed by atoms with Crippen LogP contribution in [0.3, 0.4) is 0 Å². The molecule has 2 aromatic heterocycles. The van der Waals surface area contributed by atoms with Crippen LogP contribution in [0.4, 0.5) is 5.69 Å². The molecule has 0 bridgehead atoms. The third-order valence-corrected chi connectivity index (χ3v) is 4.58. The molecule has 3 rings (SSSR count). The van der Waals surface area contributed by atoms with Gasteiger partial charge < -0.3 is 10.2 Å². The molecule has 0 fully saturated rings. The molecule has 1 N–H and O–H groups in total. The lowest BCUT2D eigenvalue weighted by Crippen LogP contribution is -2.24. The molecule has 6 nitrogen and oxygen atoms in total. The van der Waals surface area contributed by atoms with Crippen LogP contribution in [0, 0.1) is 0 Å². The van der Waals surface area contributed by atoms with Crippen LogP contribution in [0.25, 0.3) is 10.6 Å². The minimum atomic E-state index is -0.216. The second-order valence-corrected chi connectivity index (χ2v) is 6.71. The molecule has 2 amide bonds. The first kappa shape index (κ1) is 17.8. The van der Waals surface area contributed by atoms with Crippen LogP contribution in [0.5, 0.6) is 0 Å². The first-order valence-corrected chi connectivity index (χ1v) is 8.88. The first-order valence-electron chi connectivity index (χ1n) is 8.00. The summed E-state index contributed by atoms with van der Waals surface area (Å²) in [6.45, 7) is 0. The number of para-hydroxylation sites is 1. The van der Waals surface area contributed by atoms with E-state index in [4.69, 9.17) is 0 Å². The average molecular weight is 366 g/mol. The smallest absolute Gasteiger partial charge is 0.255 e. The molecule has 0 spiro atoms. The lowest BCUT2D eigenvalue weighted by atomic mass is 10.1. The SMILES string of the molecule is CN(C)C(=O)c1ccccc1NC(=O)Cc1csc(-c2cccnc2)n1. The Morgan fingerprint density at radius 3 is 2.69 bits per heavy atom. The number of thiazole rings is 1. The van der Waals surface area contributed by atoms with Crippen molar-refractivity contribution in [1.29, 1.82) is 0 Å². The number of nitrogens with zero attached hydrogens (tertiary/aromatic N) is 3. The standard InChI is InChI=1S/C19H18N4O2S/c1-23(2)19(25)15-7-3-4-8-16(15)22-17(24)10-14-12-26-18(21-14)13-6-5-9-20-11-13/h3-9,11-12H,10H2,1-2H3,(H,22,24). The number of anilines is 1. The number of rotatable bonds is 5. The fourth-order valence-corrected chi connectivity index (χ4v) is 3.20. The van der Waals surface area contributed by atoms with Crippen molar-refractivity contribution in [2.24, 2.45) is 0 Å². The Bertz CT molecular complexity index is 922. The summed E-state index contributed by atoms with van der Waals surface area (Å²) in [6.07, 6.45) is 3.59. The number of carbonyl (C=O) groups is 2. The lowest BCUT2D eigenvalue weighted by molar-refractivity contribution is -0.115. The maximum absolute atomic E-state index is 12.4. The van der Waals surface area contributed by atoms with Gasteiger partial charge >= 0.3 is 0 Å². The molecule has 26 heavy (non-hydrogen) atoms. The third-order valence-electron chi connectivity index (χ3n) is 3.64. The Kier molecular flexibility index (Phi) is 5.38. The molecule has 0 aliphatic rings. The van der Waals surface area contributed by atoms with Gasteiger partial charge in [0.15, 0.2) is 0 Å². The van der Waals surface area contributed by atoms with E-state index in [0.717, 1.165) is 10.6 Å². The van der Waals surface area contributed by atoms with Crippen LogP contribution in [0.1, 0.15) is 16.1 Å². The Balaban J connectivity index is 1.71. The second-order valence-electron chi connectivity index (χ2n) is 5.86. The summed E-state index contributed by atoms with van der Waals surface area (Å²) in [7, 11) is 3.35. The lowest BCUT2D eigenvalue weighted by Gasteiger charge is -2.14. The molecule has 0 saturated carbocycles. The molecule has 132 valence electrons. The zero-order valence-electron chi connectivity index (χ0n) is 14.5. The quantitative estimate of drug-likeness (QED) is 0.753. The highest BCUT2D eigenvalue weighted by Gasteiger charge is 2.15. The Labute approximate surface area is 155 Å². The topological polar surface area (TPSA) is 75.2 Å². The molecule has 0 aliphatic carbocycles. The number of hydrogen-bond acceptors (Lipinski definition) is 5. The van der Waals surface area contributed by atoms with Crippen molar-refractivity contribution in [2.45, 2.75) is 6.42 Å². The van der Waals surface area contributed by atoms with E-state index in [1.54, 1.807) is 50.8 Å². The van der Waals surface area contributed by atoms with E-state index >= 15 is 0 Å². The van der Waals surface area contributed by atoms with Gasteiger partial charge in [-0.2, -0.15) is 0 Å². The van der Waals surface area contributed by atoms with E-state index in [1.165, 1.54) is 16.2 Å². The minimum Gasteiger partial charge on any atom is -0.345 e. The number of hydrogen-bond donors (Lipinski definition) is 1. The minimum absolute atomic E-state index is 0.140. The highest BCUT2D eigenvalue weighted by Crippen LogP contribution is 2.23. The number of carbonyl (C=O) groups excluding carboxylic acids is 2. The zero-order valence-corrected chi connectivity index (χ0v) is 15.3. The van der Waals surface area contributed by atoms with E-state index in [1.807, 2.05) is 17.5 Å². The van der Waals surface area contributed by atoms with Gasteiger partial charge in [-0.05, 0) is 24.3 Å². The monoisotopic (exact) mass is 366 g/mol. The van der Waals surface area contributed by atoms with Crippen molar-refractivity contribution in [2.75, 3.05) is 19.4 Å². The van der Waals surface area contributed by atoms with E-state index in [0.29, 0.717) is 16.9 Å². The maximum Gasteiger partial charge on any atom is 0.255 e. The van der Waals surface area contributed by atoms with Gasteiger partial charge in [0.05, 0.1) is 23.4 Å². The van der Waals surface area contributed by atoms with Gasteiger partial charge in [-0.15, -0.1) is 11.3 Å². The third kappa shape index (κ3) is 4.12. The molecule has 7 heteroatoms. The summed E-state index contributed by atoms with van der Waals surface area (Å²) < 4.78 is 0. The molecular formula is C19H18N4O2S. The number of pyridine rings is 1. The summed E-state index contributed by atoms with van der Waals surface area (Å²) in [5.41, 5.74) is 2.56. The van der Waals surface area contributed by atoms with Crippen LogP contribution in [-0.2, 0) is 11.2 Å². The van der Waals surface area contributed by atoms with Crippen LogP contribution >= 0.6 is 11.3 Å². The van der Waals surface area contributed by atoms with Gasteiger partial charge in [-0.25, -0.2) is 4.98 Å². The molecule has 0 unspecified atom stereocenters. The van der Waals surface area contributed by atoms with E-state index < -0.39 is 0 Å². The van der Waals surface area contributed by atoms with Gasteiger partial charge in [0.25, 0.3) is 5.91 Å². The van der Waals surface area contributed by atoms with Crippen molar-refractivity contribution in [1.82, 2.24) is 14.9 Å². The van der Waals surface area contributed by atoms with E-state index in [-0.39, 0.29) is 18.2 Å². The van der Waals surface area contributed by atoms with E-state index in [9.17, 15) is 9.59 Å². The van der Waals surface area contributed by atoms with Gasteiger partial charge in [-0.1, -0.05) is 12.1 Å². The second kappa shape index (κ2) is 7.88. The molecule has 0 saturated heterocycles. The Morgan fingerprint density at radius 1 is 1.15 bits per heavy atom. The highest BCUT2D eigenvalue weighted by atomic mass is 32.1. The normalized spacial score (nSPS) is 10.4. The van der Waals surface area contributed by atoms with Crippen molar-refractivity contribution >= 4 is 28.8 Å². The van der Waals surface area contributed by atoms with Crippen molar-refractivity contribution in [3.8, 4) is 10.6 Å². The number of nitrogens with one attached hydrogen (secondary N) is 1. The van der Waals surface area contributed by atoms with Gasteiger partial charge in [0.2, 0.25) is 5.91 Å². The summed E-state index contributed by atoms with van der Waals surface area (Å²) >= 11 is 1.47. The number of aromatic nitrogens is 2. The van der Waals surface area contributed by atoms with E-state index in [2.05, 4.69) is 15.3 Å². The number of benzene rings is 1. The maximum atomic E-state index is 12.4.